The number of carbonyl (C=O) groups is 1. The average molecular weight is 409 g/mol. The van der Waals surface area contributed by atoms with Gasteiger partial charge in [0.2, 0.25) is 5.91 Å². The molecule has 1 amide bonds. The van der Waals surface area contributed by atoms with E-state index in [1.165, 1.54) is 56.9 Å². The van der Waals surface area contributed by atoms with Crippen LogP contribution in [0.15, 0.2) is 54.6 Å². The molecule has 0 saturated carbocycles. The zero-order valence-corrected chi connectivity index (χ0v) is 18.7. The first kappa shape index (κ1) is 24.1. The molecule has 2 aromatic rings. The molecule has 3 nitrogen and oxygen atoms in total. The quantitative estimate of drug-likeness (QED) is 0.307. The smallest absolute Gasteiger partial charge is 0.224 e. The monoisotopic (exact) mass is 408 g/mol. The molecule has 0 saturated heterocycles. The van der Waals surface area contributed by atoms with Crippen molar-refractivity contribution < 1.29 is 4.79 Å². The fourth-order valence-electron chi connectivity index (χ4n) is 3.80. The molecule has 0 heterocycles. The van der Waals surface area contributed by atoms with Crippen LogP contribution in [0.25, 0.3) is 0 Å². The molecule has 0 spiro atoms. The first-order valence-corrected chi connectivity index (χ1v) is 11.9. The van der Waals surface area contributed by atoms with Gasteiger partial charge >= 0.3 is 0 Å². The number of amides is 1. The summed E-state index contributed by atoms with van der Waals surface area (Å²) in [5.74, 6) is 0.107. The van der Waals surface area contributed by atoms with Crippen molar-refractivity contribution in [2.45, 2.75) is 90.0 Å². The van der Waals surface area contributed by atoms with Gasteiger partial charge in [0.25, 0.3) is 0 Å². The van der Waals surface area contributed by atoms with Gasteiger partial charge in [-0.05, 0) is 36.1 Å². The molecule has 2 rings (SSSR count). The van der Waals surface area contributed by atoms with Crippen LogP contribution in [0.3, 0.4) is 0 Å². The molecule has 0 radical (unpaired) electrons. The van der Waals surface area contributed by atoms with E-state index in [1.807, 2.05) is 42.5 Å². The molecule has 0 fully saturated rings. The first-order chi connectivity index (χ1) is 14.7. The largest absolute Gasteiger partial charge is 0.326 e. The lowest BCUT2D eigenvalue weighted by Gasteiger charge is -2.13. The van der Waals surface area contributed by atoms with Crippen LogP contribution in [-0.2, 0) is 11.2 Å². The summed E-state index contributed by atoms with van der Waals surface area (Å²) in [6.07, 6.45) is 14.2. The number of carbonyl (C=O) groups excluding carboxylic acids is 1. The highest BCUT2D eigenvalue weighted by Crippen LogP contribution is 2.19. The van der Waals surface area contributed by atoms with Gasteiger partial charge in [-0.3, -0.25) is 4.79 Å². The maximum absolute atomic E-state index is 12.2. The normalized spacial score (nSPS) is 11.9. The van der Waals surface area contributed by atoms with Gasteiger partial charge < -0.3 is 11.1 Å². The van der Waals surface area contributed by atoms with Gasteiger partial charge in [-0.25, -0.2) is 0 Å². The number of anilines is 1. The van der Waals surface area contributed by atoms with E-state index in [1.54, 1.807) is 0 Å². The average Bonchev–Trinajstić information content (AvgIpc) is 2.76. The second kappa shape index (κ2) is 14.8. The zero-order chi connectivity index (χ0) is 21.4. The molecule has 3 heteroatoms. The number of hydrogen-bond acceptors (Lipinski definition) is 2. The molecule has 0 aliphatic carbocycles. The van der Waals surface area contributed by atoms with E-state index < -0.39 is 0 Å². The maximum Gasteiger partial charge on any atom is 0.224 e. The fraction of sp³-hybridized carbons (Fsp3) is 0.519. The Hall–Kier alpha value is -2.13. The van der Waals surface area contributed by atoms with Crippen molar-refractivity contribution in [3.63, 3.8) is 0 Å². The molecule has 0 aromatic heterocycles. The highest BCUT2D eigenvalue weighted by atomic mass is 16.1. The second-order valence-electron chi connectivity index (χ2n) is 8.40. The number of hydrogen-bond donors (Lipinski definition) is 2. The van der Waals surface area contributed by atoms with E-state index in [0.717, 1.165) is 30.5 Å². The Morgan fingerprint density at radius 3 is 1.97 bits per heavy atom. The Kier molecular flexibility index (Phi) is 11.9. The van der Waals surface area contributed by atoms with E-state index >= 15 is 0 Å². The van der Waals surface area contributed by atoms with Gasteiger partial charge in [0.1, 0.15) is 0 Å². The van der Waals surface area contributed by atoms with E-state index in [4.69, 9.17) is 5.73 Å². The zero-order valence-electron chi connectivity index (χ0n) is 18.7. The van der Waals surface area contributed by atoms with Crippen molar-refractivity contribution in [2.75, 3.05) is 5.32 Å². The number of benzene rings is 2. The lowest BCUT2D eigenvalue weighted by Crippen LogP contribution is -2.14. The molecule has 164 valence electrons. The minimum Gasteiger partial charge on any atom is -0.326 e. The molecule has 30 heavy (non-hydrogen) atoms. The van der Waals surface area contributed by atoms with Gasteiger partial charge in [-0.1, -0.05) is 107 Å². The number of nitrogens with two attached hydrogens (primary N) is 1. The van der Waals surface area contributed by atoms with Crippen LogP contribution in [-0.4, -0.2) is 5.91 Å². The minimum atomic E-state index is -0.0382. The van der Waals surface area contributed by atoms with Crippen LogP contribution in [0, 0.1) is 0 Å². The van der Waals surface area contributed by atoms with Crippen LogP contribution in [0.2, 0.25) is 0 Å². The lowest BCUT2D eigenvalue weighted by molar-refractivity contribution is -0.116. The van der Waals surface area contributed by atoms with E-state index in [0.29, 0.717) is 6.42 Å². The highest BCUT2D eigenvalue weighted by Gasteiger charge is 2.08. The van der Waals surface area contributed by atoms with Gasteiger partial charge in [0, 0.05) is 18.2 Å². The summed E-state index contributed by atoms with van der Waals surface area (Å²) in [4.78, 5) is 12.2. The summed E-state index contributed by atoms with van der Waals surface area (Å²) < 4.78 is 0. The second-order valence-corrected chi connectivity index (χ2v) is 8.40. The van der Waals surface area contributed by atoms with Crippen molar-refractivity contribution in [2.24, 2.45) is 5.73 Å². The minimum absolute atomic E-state index is 0.0382. The van der Waals surface area contributed by atoms with Gasteiger partial charge in [-0.15, -0.1) is 0 Å². The fourth-order valence-corrected chi connectivity index (χ4v) is 3.80. The molecule has 1 unspecified atom stereocenters. The Morgan fingerprint density at radius 1 is 0.800 bits per heavy atom. The van der Waals surface area contributed by atoms with Crippen molar-refractivity contribution in [1.29, 1.82) is 0 Å². The predicted octanol–water partition coefficient (Wildman–Crippen LogP) is 7.18. The lowest BCUT2D eigenvalue weighted by atomic mass is 9.99. The summed E-state index contributed by atoms with van der Waals surface area (Å²) in [5.41, 5.74) is 9.51. The van der Waals surface area contributed by atoms with Crippen LogP contribution < -0.4 is 11.1 Å². The van der Waals surface area contributed by atoms with Crippen LogP contribution >= 0.6 is 0 Å². The Labute approximate surface area is 183 Å². The molecule has 2 aromatic carbocycles. The van der Waals surface area contributed by atoms with E-state index in [9.17, 15) is 4.79 Å². The van der Waals surface area contributed by atoms with Crippen LogP contribution in [0.5, 0.6) is 0 Å². The van der Waals surface area contributed by atoms with Crippen molar-refractivity contribution in [3.05, 3.63) is 65.7 Å². The third-order valence-corrected chi connectivity index (χ3v) is 5.68. The van der Waals surface area contributed by atoms with Crippen molar-refractivity contribution in [1.82, 2.24) is 0 Å². The third kappa shape index (κ3) is 10.1. The molecule has 0 aliphatic rings. The Bertz CT molecular complexity index is 697. The molecule has 3 N–H and O–H groups in total. The first-order valence-electron chi connectivity index (χ1n) is 11.9. The van der Waals surface area contributed by atoms with Gasteiger partial charge in [0.05, 0.1) is 0 Å². The topological polar surface area (TPSA) is 55.1 Å². The highest BCUT2D eigenvalue weighted by molar-refractivity contribution is 5.90. The molecule has 1 atom stereocenters. The Morgan fingerprint density at radius 2 is 1.37 bits per heavy atom. The maximum atomic E-state index is 12.2. The molecular weight excluding hydrogens is 368 g/mol. The number of unbranched alkanes of at least 4 members (excludes halogenated alkanes) is 9. The predicted molar refractivity (Wildman–Crippen MR) is 129 cm³/mol. The number of rotatable bonds is 15. The summed E-state index contributed by atoms with van der Waals surface area (Å²) in [6.45, 7) is 2.26. The number of nitrogens with one attached hydrogen (secondary N) is 1. The SMILES string of the molecule is CCCCCCCCCCCCC(=O)Nc1ccc(C(N)Cc2ccccc2)cc1. The van der Waals surface area contributed by atoms with Gasteiger partial charge in [-0.2, -0.15) is 0 Å². The standard InChI is InChI=1S/C27H40N2O/c1-2-3-4-5-6-7-8-9-10-14-17-27(30)29-25-20-18-24(19-21-25)26(28)22-23-15-12-11-13-16-23/h11-13,15-16,18-21,26H,2-10,14,17,22,28H2,1H3,(H,29,30). The molecule has 0 aliphatic heterocycles. The summed E-state index contributed by atoms with van der Waals surface area (Å²) in [7, 11) is 0. The van der Waals surface area contributed by atoms with Crippen LogP contribution in [0.1, 0.15) is 94.7 Å². The van der Waals surface area contributed by atoms with Crippen molar-refractivity contribution >= 4 is 11.6 Å². The van der Waals surface area contributed by atoms with Crippen LogP contribution in [0.4, 0.5) is 5.69 Å². The van der Waals surface area contributed by atoms with E-state index in [-0.39, 0.29) is 11.9 Å². The summed E-state index contributed by atoms with van der Waals surface area (Å²) in [5, 5.41) is 3.01. The summed E-state index contributed by atoms with van der Waals surface area (Å²) >= 11 is 0. The summed E-state index contributed by atoms with van der Waals surface area (Å²) in [6, 6.07) is 18.2. The third-order valence-electron chi connectivity index (χ3n) is 5.68. The molecule has 0 bridgehead atoms. The Balaban J connectivity index is 1.58. The molecular formula is C27H40N2O. The van der Waals surface area contributed by atoms with E-state index in [2.05, 4.69) is 24.4 Å². The van der Waals surface area contributed by atoms with Gasteiger partial charge in [0.15, 0.2) is 0 Å². The van der Waals surface area contributed by atoms with Crippen molar-refractivity contribution in [3.8, 4) is 0 Å².